The molecule has 16 heavy (non-hydrogen) atoms. The Labute approximate surface area is 102 Å². The van der Waals surface area contributed by atoms with Crippen LogP contribution in [-0.2, 0) is 0 Å². The zero-order chi connectivity index (χ0) is 12.3. The Bertz CT molecular complexity index is 215. The number of rotatable bonds is 4. The first-order chi connectivity index (χ1) is 7.41. The van der Waals surface area contributed by atoms with Crippen molar-refractivity contribution in [2.24, 2.45) is 17.6 Å². The van der Waals surface area contributed by atoms with Gasteiger partial charge < -0.3 is 10.6 Å². The summed E-state index contributed by atoms with van der Waals surface area (Å²) in [7, 11) is 4.32. The number of hydrogen-bond donors (Lipinski definition) is 1. The van der Waals surface area contributed by atoms with Crippen molar-refractivity contribution in [3.63, 3.8) is 0 Å². The van der Waals surface area contributed by atoms with Crippen molar-refractivity contribution in [1.82, 2.24) is 4.90 Å². The molecule has 4 atom stereocenters. The van der Waals surface area contributed by atoms with Gasteiger partial charge in [-0.15, -0.1) is 0 Å². The first-order valence-electron chi connectivity index (χ1n) is 6.84. The molecule has 0 spiro atoms. The van der Waals surface area contributed by atoms with Gasteiger partial charge in [-0.05, 0) is 52.1 Å². The highest BCUT2D eigenvalue weighted by Crippen LogP contribution is 2.35. The lowest BCUT2D eigenvalue weighted by atomic mass is 9.72. The van der Waals surface area contributed by atoms with E-state index in [0.29, 0.717) is 6.04 Å². The molecule has 1 saturated carbocycles. The fourth-order valence-electron chi connectivity index (χ4n) is 3.17. The molecule has 1 rings (SSSR count). The minimum absolute atomic E-state index is 0.154. The second kappa shape index (κ2) is 5.50. The first-order valence-corrected chi connectivity index (χ1v) is 6.84. The highest BCUT2D eigenvalue weighted by Gasteiger charge is 2.38. The van der Waals surface area contributed by atoms with E-state index in [1.165, 1.54) is 25.7 Å². The van der Waals surface area contributed by atoms with E-state index in [9.17, 15) is 0 Å². The predicted octanol–water partition coefficient (Wildman–Crippen LogP) is 2.87. The maximum absolute atomic E-state index is 6.56. The third-order valence-corrected chi connectivity index (χ3v) is 4.94. The number of hydrogen-bond acceptors (Lipinski definition) is 2. The molecule has 2 nitrogen and oxygen atoms in total. The summed E-state index contributed by atoms with van der Waals surface area (Å²) >= 11 is 0. The molecule has 2 heteroatoms. The summed E-state index contributed by atoms with van der Waals surface area (Å²) in [6, 6.07) is 0.315. The van der Waals surface area contributed by atoms with Crippen LogP contribution in [0.5, 0.6) is 0 Å². The van der Waals surface area contributed by atoms with E-state index < -0.39 is 0 Å². The lowest BCUT2D eigenvalue weighted by Crippen LogP contribution is -2.58. The van der Waals surface area contributed by atoms with Gasteiger partial charge in [0.05, 0.1) is 0 Å². The molecule has 0 aromatic carbocycles. The van der Waals surface area contributed by atoms with Gasteiger partial charge in [-0.3, -0.25) is 0 Å². The van der Waals surface area contributed by atoms with Crippen LogP contribution < -0.4 is 5.73 Å². The molecule has 4 unspecified atom stereocenters. The summed E-state index contributed by atoms with van der Waals surface area (Å²) < 4.78 is 0. The zero-order valence-corrected chi connectivity index (χ0v) is 11.8. The van der Waals surface area contributed by atoms with Crippen LogP contribution in [-0.4, -0.2) is 30.6 Å². The molecule has 1 aliphatic rings. The molecule has 2 N–H and O–H groups in total. The Morgan fingerprint density at radius 1 is 1.38 bits per heavy atom. The van der Waals surface area contributed by atoms with Crippen LogP contribution in [0.3, 0.4) is 0 Å². The molecule has 0 aromatic rings. The highest BCUT2D eigenvalue weighted by molar-refractivity contribution is 4.97. The van der Waals surface area contributed by atoms with Gasteiger partial charge in [-0.1, -0.05) is 26.7 Å². The van der Waals surface area contributed by atoms with Crippen LogP contribution in [0, 0.1) is 11.8 Å². The molecule has 0 aromatic heterocycles. The smallest absolute Gasteiger partial charge is 0.0326 e. The summed E-state index contributed by atoms with van der Waals surface area (Å²) in [5.74, 6) is 1.59. The zero-order valence-electron chi connectivity index (χ0n) is 11.8. The molecule has 0 heterocycles. The van der Waals surface area contributed by atoms with Crippen molar-refractivity contribution >= 4 is 0 Å². The molecule has 1 aliphatic carbocycles. The van der Waals surface area contributed by atoms with E-state index in [-0.39, 0.29) is 5.54 Å². The Morgan fingerprint density at radius 3 is 2.44 bits per heavy atom. The van der Waals surface area contributed by atoms with E-state index in [1.54, 1.807) is 0 Å². The molecule has 0 aliphatic heterocycles. The normalized spacial score (nSPS) is 32.4. The lowest BCUT2D eigenvalue weighted by molar-refractivity contribution is 0.0807. The van der Waals surface area contributed by atoms with Crippen molar-refractivity contribution in [2.75, 3.05) is 14.1 Å². The van der Waals surface area contributed by atoms with E-state index in [1.807, 2.05) is 0 Å². The maximum atomic E-state index is 6.56. The molecule has 0 amide bonds. The highest BCUT2D eigenvalue weighted by atomic mass is 15.2. The van der Waals surface area contributed by atoms with Crippen LogP contribution in [0.15, 0.2) is 0 Å². The average molecular weight is 226 g/mol. The lowest BCUT2D eigenvalue weighted by Gasteiger charge is -2.46. The third kappa shape index (κ3) is 2.78. The standard InChI is InChI=1S/C14H30N2/c1-6-14(3,16(4)5)13(15)12-9-7-8-11(2)10-12/h11-13H,6-10,15H2,1-5H3. The maximum Gasteiger partial charge on any atom is 0.0326 e. The van der Waals surface area contributed by atoms with Gasteiger partial charge in [-0.2, -0.15) is 0 Å². The SMILES string of the molecule is CCC(C)(C(N)C1CCCC(C)C1)N(C)C. The third-order valence-electron chi connectivity index (χ3n) is 4.94. The van der Waals surface area contributed by atoms with Crippen molar-refractivity contribution < 1.29 is 0 Å². The summed E-state index contributed by atoms with van der Waals surface area (Å²) in [4.78, 5) is 2.32. The van der Waals surface area contributed by atoms with Crippen molar-refractivity contribution in [2.45, 2.75) is 64.5 Å². The fourth-order valence-corrected chi connectivity index (χ4v) is 3.17. The van der Waals surface area contributed by atoms with Gasteiger partial charge in [0.15, 0.2) is 0 Å². The Morgan fingerprint density at radius 2 is 2.00 bits per heavy atom. The first kappa shape index (κ1) is 14.0. The van der Waals surface area contributed by atoms with Gasteiger partial charge in [0.1, 0.15) is 0 Å². The van der Waals surface area contributed by atoms with Gasteiger partial charge >= 0.3 is 0 Å². The summed E-state index contributed by atoms with van der Waals surface area (Å²) in [6.45, 7) is 6.95. The molecular formula is C14H30N2. The van der Waals surface area contributed by atoms with E-state index in [0.717, 1.165) is 18.3 Å². The Hall–Kier alpha value is -0.0800. The van der Waals surface area contributed by atoms with E-state index in [2.05, 4.69) is 39.8 Å². The summed E-state index contributed by atoms with van der Waals surface area (Å²) in [5, 5.41) is 0. The monoisotopic (exact) mass is 226 g/mol. The molecule has 96 valence electrons. The Balaban J connectivity index is 2.70. The van der Waals surface area contributed by atoms with Crippen LogP contribution in [0.1, 0.15) is 52.9 Å². The van der Waals surface area contributed by atoms with Crippen LogP contribution in [0.4, 0.5) is 0 Å². The van der Waals surface area contributed by atoms with Gasteiger partial charge in [-0.25, -0.2) is 0 Å². The molecule has 0 saturated heterocycles. The summed E-state index contributed by atoms with van der Waals surface area (Å²) in [6.07, 6.45) is 6.55. The number of nitrogens with zero attached hydrogens (tertiary/aromatic N) is 1. The molecule has 0 radical (unpaired) electrons. The quantitative estimate of drug-likeness (QED) is 0.798. The Kier molecular flexibility index (Phi) is 4.81. The van der Waals surface area contributed by atoms with E-state index in [4.69, 9.17) is 5.73 Å². The van der Waals surface area contributed by atoms with Crippen LogP contribution in [0.25, 0.3) is 0 Å². The van der Waals surface area contributed by atoms with Crippen molar-refractivity contribution in [1.29, 1.82) is 0 Å². The largest absolute Gasteiger partial charge is 0.326 e. The van der Waals surface area contributed by atoms with Crippen LogP contribution >= 0.6 is 0 Å². The second-order valence-electron chi connectivity index (χ2n) is 6.16. The van der Waals surface area contributed by atoms with Crippen molar-refractivity contribution in [3.8, 4) is 0 Å². The predicted molar refractivity (Wildman–Crippen MR) is 71.5 cm³/mol. The van der Waals surface area contributed by atoms with Crippen LogP contribution in [0.2, 0.25) is 0 Å². The number of nitrogens with two attached hydrogens (primary N) is 1. The number of likely N-dealkylation sites (N-methyl/N-ethyl adjacent to an activating group) is 1. The van der Waals surface area contributed by atoms with Gasteiger partial charge in [0.25, 0.3) is 0 Å². The molecule has 0 bridgehead atoms. The molecule has 1 fully saturated rings. The fraction of sp³-hybridized carbons (Fsp3) is 1.00. The molecular weight excluding hydrogens is 196 g/mol. The van der Waals surface area contributed by atoms with Crippen molar-refractivity contribution in [3.05, 3.63) is 0 Å². The van der Waals surface area contributed by atoms with E-state index >= 15 is 0 Å². The minimum Gasteiger partial charge on any atom is -0.326 e. The average Bonchev–Trinajstić information content (AvgIpc) is 2.26. The minimum atomic E-state index is 0.154. The topological polar surface area (TPSA) is 29.3 Å². The van der Waals surface area contributed by atoms with Gasteiger partial charge in [0.2, 0.25) is 0 Å². The second-order valence-corrected chi connectivity index (χ2v) is 6.16. The summed E-state index contributed by atoms with van der Waals surface area (Å²) in [5.41, 5.74) is 6.71. The van der Waals surface area contributed by atoms with Gasteiger partial charge in [0, 0.05) is 11.6 Å².